The van der Waals surface area contributed by atoms with Crippen molar-refractivity contribution < 1.29 is 14.7 Å². The molecule has 1 aliphatic rings. The highest BCUT2D eigenvalue weighted by atomic mass is 16.4. The summed E-state index contributed by atoms with van der Waals surface area (Å²) in [5, 5.41) is 14.9. The molecular weight excluding hydrogens is 174 g/mol. The molecule has 1 amide bonds. The molecule has 13 heavy (non-hydrogen) atoms. The average Bonchev–Trinajstić information content (AvgIpc) is 2.55. The molecule has 1 unspecified atom stereocenters. The quantitative estimate of drug-likeness (QED) is 0.599. The van der Waals surface area contributed by atoms with Gasteiger partial charge in [-0.25, -0.2) is 4.79 Å². The highest BCUT2D eigenvalue weighted by Crippen LogP contribution is 2.24. The Morgan fingerprint density at radius 1 is 1.77 bits per heavy atom. The molecule has 0 aromatic carbocycles. The molecule has 0 saturated carbocycles. The minimum absolute atomic E-state index is 0.343. The summed E-state index contributed by atoms with van der Waals surface area (Å²) < 4.78 is 1.39. The lowest BCUT2D eigenvalue weighted by Crippen LogP contribution is -2.27. The summed E-state index contributed by atoms with van der Waals surface area (Å²) in [5.74, 6) is -1.45. The van der Waals surface area contributed by atoms with Gasteiger partial charge in [0.1, 0.15) is 0 Å². The molecule has 68 valence electrons. The monoisotopic (exact) mass is 181 g/mol. The third-order valence-electron chi connectivity index (χ3n) is 2.03. The molecule has 6 heteroatoms. The maximum atomic E-state index is 11.2. The molecule has 0 bridgehead atoms. The number of amides is 1. The van der Waals surface area contributed by atoms with Gasteiger partial charge in [-0.3, -0.25) is 9.48 Å². The summed E-state index contributed by atoms with van der Waals surface area (Å²) in [5.41, 5.74) is 0.757. The first-order valence-electron chi connectivity index (χ1n) is 3.67. The zero-order valence-corrected chi connectivity index (χ0v) is 6.81. The maximum absolute atomic E-state index is 11.2. The second kappa shape index (κ2) is 2.32. The Balaban J connectivity index is 2.56. The molecule has 1 atom stereocenters. The normalized spacial score (nSPS) is 19.8. The number of aromatic nitrogens is 2. The van der Waals surface area contributed by atoms with Crippen molar-refractivity contribution in [3.63, 3.8) is 0 Å². The van der Waals surface area contributed by atoms with E-state index in [0.717, 1.165) is 0 Å². The summed E-state index contributed by atoms with van der Waals surface area (Å²) in [6.45, 7) is 0. The zero-order valence-electron chi connectivity index (χ0n) is 6.81. The van der Waals surface area contributed by atoms with Crippen LogP contribution in [0.25, 0.3) is 0 Å². The van der Waals surface area contributed by atoms with Crippen LogP contribution in [0, 0.1) is 0 Å². The first kappa shape index (κ1) is 7.78. The van der Waals surface area contributed by atoms with Crippen LogP contribution in [-0.2, 0) is 11.8 Å². The number of carboxylic acids is 1. The van der Waals surface area contributed by atoms with Crippen LogP contribution >= 0.6 is 0 Å². The molecule has 0 saturated heterocycles. The molecular formula is C7H7N3O3. The van der Waals surface area contributed by atoms with E-state index in [4.69, 9.17) is 5.11 Å². The largest absolute Gasteiger partial charge is 0.479 e. The van der Waals surface area contributed by atoms with Crippen molar-refractivity contribution in [1.82, 2.24) is 15.1 Å². The summed E-state index contributed by atoms with van der Waals surface area (Å²) in [6.07, 6.45) is 1.37. The van der Waals surface area contributed by atoms with Crippen LogP contribution in [0.15, 0.2) is 6.20 Å². The highest BCUT2D eigenvalue weighted by molar-refractivity contribution is 6.02. The third-order valence-corrected chi connectivity index (χ3v) is 2.03. The van der Waals surface area contributed by atoms with Crippen molar-refractivity contribution in [2.45, 2.75) is 6.04 Å². The fourth-order valence-corrected chi connectivity index (χ4v) is 1.42. The molecule has 2 N–H and O–H groups in total. The van der Waals surface area contributed by atoms with Crippen LogP contribution < -0.4 is 5.32 Å². The van der Waals surface area contributed by atoms with Crippen LogP contribution in [0.2, 0.25) is 0 Å². The molecule has 2 rings (SSSR count). The lowest BCUT2D eigenvalue weighted by Gasteiger charge is -2.05. The number of aliphatic carboxylic acids is 1. The van der Waals surface area contributed by atoms with Crippen molar-refractivity contribution >= 4 is 11.9 Å². The molecule has 0 spiro atoms. The number of rotatable bonds is 1. The van der Waals surface area contributed by atoms with Crippen molar-refractivity contribution in [3.8, 4) is 0 Å². The van der Waals surface area contributed by atoms with Crippen LogP contribution in [-0.4, -0.2) is 26.8 Å². The molecule has 0 aliphatic carbocycles. The second-order valence-corrected chi connectivity index (χ2v) is 2.81. The lowest BCUT2D eigenvalue weighted by atomic mass is 10.2. The van der Waals surface area contributed by atoms with Gasteiger partial charge in [-0.1, -0.05) is 0 Å². The number of nitrogens with one attached hydrogen (secondary N) is 1. The number of hydrogen-bond acceptors (Lipinski definition) is 3. The van der Waals surface area contributed by atoms with E-state index in [2.05, 4.69) is 10.4 Å². The second-order valence-electron chi connectivity index (χ2n) is 2.81. The smallest absolute Gasteiger partial charge is 0.332 e. The van der Waals surface area contributed by atoms with Crippen LogP contribution in [0.5, 0.6) is 0 Å². The molecule has 1 aliphatic heterocycles. The summed E-state index contributed by atoms with van der Waals surface area (Å²) in [4.78, 5) is 21.9. The first-order valence-corrected chi connectivity index (χ1v) is 3.67. The third kappa shape index (κ3) is 0.915. The van der Waals surface area contributed by atoms with Gasteiger partial charge in [0.25, 0.3) is 5.91 Å². The molecule has 0 radical (unpaired) electrons. The topological polar surface area (TPSA) is 84.2 Å². The fourth-order valence-electron chi connectivity index (χ4n) is 1.42. The van der Waals surface area contributed by atoms with Crippen molar-refractivity contribution in [2.75, 3.05) is 0 Å². The average molecular weight is 181 g/mol. The van der Waals surface area contributed by atoms with Gasteiger partial charge in [-0.15, -0.1) is 0 Å². The lowest BCUT2D eigenvalue weighted by molar-refractivity contribution is -0.139. The first-order chi connectivity index (χ1) is 6.11. The minimum atomic E-state index is -1.07. The fraction of sp³-hybridized carbons (Fsp3) is 0.286. The Morgan fingerprint density at radius 3 is 3.08 bits per heavy atom. The number of fused-ring (bicyclic) bond motifs is 1. The van der Waals surface area contributed by atoms with Gasteiger partial charge in [0, 0.05) is 7.05 Å². The van der Waals surface area contributed by atoms with Gasteiger partial charge in [0.05, 0.1) is 17.5 Å². The van der Waals surface area contributed by atoms with Crippen molar-refractivity contribution in [1.29, 1.82) is 0 Å². The Bertz CT molecular complexity index is 396. The zero-order chi connectivity index (χ0) is 9.59. The van der Waals surface area contributed by atoms with E-state index in [1.807, 2.05) is 0 Å². The Kier molecular flexibility index (Phi) is 1.39. The maximum Gasteiger partial charge on any atom is 0.332 e. The number of nitrogens with zero attached hydrogens (tertiary/aromatic N) is 2. The SMILES string of the molecule is Cn1ncc2c1C(C(=O)O)NC2=O. The van der Waals surface area contributed by atoms with Gasteiger partial charge in [0.2, 0.25) is 0 Å². The van der Waals surface area contributed by atoms with E-state index >= 15 is 0 Å². The van der Waals surface area contributed by atoms with Gasteiger partial charge in [0.15, 0.2) is 6.04 Å². The molecule has 6 nitrogen and oxygen atoms in total. The Labute approximate surface area is 73.2 Å². The summed E-state index contributed by atoms with van der Waals surface area (Å²) in [6, 6.07) is -0.963. The summed E-state index contributed by atoms with van der Waals surface area (Å²) >= 11 is 0. The van der Waals surface area contributed by atoms with E-state index < -0.39 is 12.0 Å². The van der Waals surface area contributed by atoms with Gasteiger partial charge >= 0.3 is 5.97 Å². The van der Waals surface area contributed by atoms with E-state index in [1.54, 1.807) is 7.05 Å². The van der Waals surface area contributed by atoms with Crippen LogP contribution in [0.3, 0.4) is 0 Å². The number of carbonyl (C=O) groups excluding carboxylic acids is 1. The van der Waals surface area contributed by atoms with E-state index in [1.165, 1.54) is 10.9 Å². The predicted molar refractivity (Wildman–Crippen MR) is 41.1 cm³/mol. The molecule has 2 heterocycles. The number of carbonyl (C=O) groups is 2. The number of hydrogen-bond donors (Lipinski definition) is 2. The Morgan fingerprint density at radius 2 is 2.46 bits per heavy atom. The van der Waals surface area contributed by atoms with Crippen LogP contribution in [0.4, 0.5) is 0 Å². The highest BCUT2D eigenvalue weighted by Gasteiger charge is 2.36. The molecule has 0 fully saturated rings. The molecule has 1 aromatic rings. The van der Waals surface area contributed by atoms with Gasteiger partial charge in [-0.05, 0) is 0 Å². The van der Waals surface area contributed by atoms with E-state index in [9.17, 15) is 9.59 Å². The van der Waals surface area contributed by atoms with Gasteiger partial charge in [-0.2, -0.15) is 5.10 Å². The molecule has 1 aromatic heterocycles. The minimum Gasteiger partial charge on any atom is -0.479 e. The van der Waals surface area contributed by atoms with E-state index in [0.29, 0.717) is 11.3 Å². The number of carboxylic acid groups (broad SMARTS) is 1. The van der Waals surface area contributed by atoms with E-state index in [-0.39, 0.29) is 5.91 Å². The van der Waals surface area contributed by atoms with Crippen LogP contribution in [0.1, 0.15) is 22.1 Å². The van der Waals surface area contributed by atoms with Crippen molar-refractivity contribution in [3.05, 3.63) is 17.5 Å². The standard InChI is InChI=1S/C7H7N3O3/c1-10-5-3(2-8-10)6(11)9-4(5)7(12)13/h2,4H,1H3,(H,9,11)(H,12,13). The Hall–Kier alpha value is -1.85. The predicted octanol–water partition coefficient (Wildman–Crippen LogP) is -0.711. The van der Waals surface area contributed by atoms with Gasteiger partial charge < -0.3 is 10.4 Å². The number of aryl methyl sites for hydroxylation is 1. The van der Waals surface area contributed by atoms with Crippen molar-refractivity contribution in [2.24, 2.45) is 7.05 Å². The summed E-state index contributed by atoms with van der Waals surface area (Å²) in [7, 11) is 1.61.